The lowest BCUT2D eigenvalue weighted by molar-refractivity contribution is -0.174. The molecule has 0 aromatic carbocycles. The fourth-order valence-electron chi connectivity index (χ4n) is 3.94. The zero-order valence-corrected chi connectivity index (χ0v) is 19.5. The molecule has 0 aliphatic carbocycles. The van der Waals surface area contributed by atoms with Crippen LogP contribution < -0.4 is 16.0 Å². The minimum atomic E-state index is -4.40. The van der Waals surface area contributed by atoms with E-state index in [1.807, 2.05) is 24.8 Å². The monoisotopic (exact) mass is 492 g/mol. The summed E-state index contributed by atoms with van der Waals surface area (Å²) in [5, 5.41) is 7.77. The van der Waals surface area contributed by atoms with Crippen molar-refractivity contribution >= 4 is 34.5 Å². The number of halogens is 3. The van der Waals surface area contributed by atoms with E-state index >= 15 is 0 Å². The van der Waals surface area contributed by atoms with E-state index in [1.54, 1.807) is 16.9 Å². The number of primary amides is 1. The van der Waals surface area contributed by atoms with Crippen LogP contribution in [0, 0.1) is 12.8 Å². The molecule has 3 N–H and O–H groups in total. The summed E-state index contributed by atoms with van der Waals surface area (Å²) in [4.78, 5) is 27.4. The Kier molecular flexibility index (Phi) is 7.05. The van der Waals surface area contributed by atoms with Gasteiger partial charge < -0.3 is 20.7 Å². The SMILES string of the molecule is CCc1nn(CCOCC(F)(F)F)c2c(Nc3ccc(C)cn3)nc(N3CC[C@@H](C(N)=O)C3)nc12. The van der Waals surface area contributed by atoms with Gasteiger partial charge in [0.2, 0.25) is 11.9 Å². The number of nitrogens with zero attached hydrogens (tertiary/aromatic N) is 6. The van der Waals surface area contributed by atoms with Gasteiger partial charge in [0, 0.05) is 19.3 Å². The predicted molar refractivity (Wildman–Crippen MR) is 123 cm³/mol. The van der Waals surface area contributed by atoms with Crippen molar-refractivity contribution in [2.75, 3.05) is 36.5 Å². The molecule has 35 heavy (non-hydrogen) atoms. The number of amides is 1. The normalized spacial score (nSPS) is 16.3. The summed E-state index contributed by atoms with van der Waals surface area (Å²) in [6, 6.07) is 3.70. The van der Waals surface area contributed by atoms with Crippen molar-refractivity contribution in [3.63, 3.8) is 0 Å². The maximum absolute atomic E-state index is 12.5. The van der Waals surface area contributed by atoms with Gasteiger partial charge in [0.25, 0.3) is 0 Å². The van der Waals surface area contributed by atoms with Gasteiger partial charge in [-0.05, 0) is 31.4 Å². The first-order valence-corrected chi connectivity index (χ1v) is 11.3. The smallest absolute Gasteiger partial charge is 0.370 e. The minimum absolute atomic E-state index is 0.0821. The van der Waals surface area contributed by atoms with Crippen LogP contribution in [0.3, 0.4) is 0 Å². The quantitative estimate of drug-likeness (QED) is 0.437. The number of aryl methyl sites for hydroxylation is 2. The van der Waals surface area contributed by atoms with E-state index in [0.29, 0.717) is 60.2 Å². The minimum Gasteiger partial charge on any atom is -0.370 e. The number of hydrogen-bond acceptors (Lipinski definition) is 8. The molecule has 0 bridgehead atoms. The topological polar surface area (TPSA) is 124 Å². The molecule has 13 heteroatoms. The summed E-state index contributed by atoms with van der Waals surface area (Å²) in [6.07, 6.45) is -1.54. The number of rotatable bonds is 9. The van der Waals surface area contributed by atoms with Crippen molar-refractivity contribution in [3.8, 4) is 0 Å². The molecule has 0 saturated carbocycles. The fourth-order valence-corrected chi connectivity index (χ4v) is 3.94. The Hall–Kier alpha value is -3.48. The summed E-state index contributed by atoms with van der Waals surface area (Å²) >= 11 is 0. The maximum Gasteiger partial charge on any atom is 0.411 e. The van der Waals surface area contributed by atoms with E-state index in [9.17, 15) is 18.0 Å². The third-order valence-electron chi connectivity index (χ3n) is 5.72. The molecule has 10 nitrogen and oxygen atoms in total. The molecule has 1 aliphatic rings. The Morgan fingerprint density at radius 1 is 1.31 bits per heavy atom. The van der Waals surface area contributed by atoms with Gasteiger partial charge in [-0.25, -0.2) is 9.97 Å². The molecule has 3 aromatic heterocycles. The highest BCUT2D eigenvalue weighted by molar-refractivity contribution is 5.90. The van der Waals surface area contributed by atoms with Crippen LogP contribution in [0.5, 0.6) is 0 Å². The fraction of sp³-hybridized carbons (Fsp3) is 0.500. The van der Waals surface area contributed by atoms with Crippen LogP contribution in [0.2, 0.25) is 0 Å². The molecule has 4 heterocycles. The first-order valence-electron chi connectivity index (χ1n) is 11.3. The highest BCUT2D eigenvalue weighted by atomic mass is 19.4. The van der Waals surface area contributed by atoms with Crippen LogP contribution in [-0.4, -0.2) is 63.1 Å². The Bertz CT molecular complexity index is 1200. The summed E-state index contributed by atoms with van der Waals surface area (Å²) in [6.45, 7) is 3.38. The van der Waals surface area contributed by atoms with Gasteiger partial charge >= 0.3 is 6.18 Å². The lowest BCUT2D eigenvalue weighted by atomic mass is 10.1. The van der Waals surface area contributed by atoms with E-state index in [1.165, 1.54) is 0 Å². The van der Waals surface area contributed by atoms with Crippen LogP contribution in [0.15, 0.2) is 18.3 Å². The average molecular weight is 493 g/mol. The van der Waals surface area contributed by atoms with Crippen molar-refractivity contribution in [1.29, 1.82) is 0 Å². The van der Waals surface area contributed by atoms with E-state index in [-0.39, 0.29) is 25.0 Å². The number of anilines is 3. The van der Waals surface area contributed by atoms with E-state index < -0.39 is 12.8 Å². The predicted octanol–water partition coefficient (Wildman–Crippen LogP) is 2.73. The number of nitrogens with one attached hydrogen (secondary N) is 1. The number of aromatic nitrogens is 5. The molecule has 0 unspecified atom stereocenters. The molecular formula is C22H27F3N8O2. The van der Waals surface area contributed by atoms with Crippen molar-refractivity contribution in [2.24, 2.45) is 11.7 Å². The van der Waals surface area contributed by atoms with Gasteiger partial charge in [0.15, 0.2) is 5.82 Å². The van der Waals surface area contributed by atoms with Crippen LogP contribution in [-0.2, 0) is 22.5 Å². The Morgan fingerprint density at radius 3 is 2.74 bits per heavy atom. The number of pyridine rings is 1. The van der Waals surface area contributed by atoms with Crippen molar-refractivity contribution in [2.45, 2.75) is 39.4 Å². The average Bonchev–Trinajstić information content (AvgIpc) is 3.43. The van der Waals surface area contributed by atoms with Crippen molar-refractivity contribution in [1.82, 2.24) is 24.7 Å². The van der Waals surface area contributed by atoms with Gasteiger partial charge in [-0.1, -0.05) is 13.0 Å². The zero-order valence-electron chi connectivity index (χ0n) is 19.5. The number of nitrogens with two attached hydrogens (primary N) is 1. The van der Waals surface area contributed by atoms with E-state index in [2.05, 4.69) is 15.4 Å². The second-order valence-electron chi connectivity index (χ2n) is 8.44. The molecule has 188 valence electrons. The second kappa shape index (κ2) is 10.0. The van der Waals surface area contributed by atoms with Gasteiger partial charge in [-0.3, -0.25) is 9.48 Å². The lowest BCUT2D eigenvalue weighted by Gasteiger charge is -2.18. The highest BCUT2D eigenvalue weighted by Crippen LogP contribution is 2.30. The summed E-state index contributed by atoms with van der Waals surface area (Å²) < 4.78 is 43.8. The van der Waals surface area contributed by atoms with Gasteiger partial charge in [0.1, 0.15) is 23.5 Å². The number of carbonyl (C=O) groups excluding carboxylic acids is 1. The number of fused-ring (bicyclic) bond motifs is 1. The van der Waals surface area contributed by atoms with Gasteiger partial charge in [-0.2, -0.15) is 23.3 Å². The van der Waals surface area contributed by atoms with Crippen LogP contribution in [0.1, 0.15) is 24.6 Å². The molecule has 4 rings (SSSR count). The summed E-state index contributed by atoms with van der Waals surface area (Å²) in [5.41, 5.74) is 8.25. The Morgan fingerprint density at radius 2 is 2.11 bits per heavy atom. The van der Waals surface area contributed by atoms with Gasteiger partial charge in [0.05, 0.1) is 24.8 Å². The summed E-state index contributed by atoms with van der Waals surface area (Å²) in [5.74, 6) is 0.711. The number of hydrogen-bond donors (Lipinski definition) is 2. The van der Waals surface area contributed by atoms with Crippen LogP contribution >= 0.6 is 0 Å². The standard InChI is InChI=1S/C22H27F3N8O2/c1-3-15-17-18(33(31-15)8-9-35-12-22(23,24)25)20(28-16-5-4-13(2)10-27-16)30-21(29-17)32-7-6-14(11-32)19(26)34/h4-5,10,14H,3,6-9,11-12H2,1-2H3,(H2,26,34)(H,27,28,29,30)/t14-/m1/s1. The van der Waals surface area contributed by atoms with E-state index in [0.717, 1.165) is 5.56 Å². The Labute approximate surface area is 199 Å². The molecule has 1 aliphatic heterocycles. The maximum atomic E-state index is 12.5. The number of carbonyl (C=O) groups is 1. The first-order chi connectivity index (χ1) is 16.6. The molecule has 1 fully saturated rings. The van der Waals surface area contributed by atoms with Gasteiger partial charge in [-0.15, -0.1) is 0 Å². The third-order valence-corrected chi connectivity index (χ3v) is 5.72. The van der Waals surface area contributed by atoms with E-state index in [4.69, 9.17) is 20.4 Å². The Balaban J connectivity index is 1.72. The van der Waals surface area contributed by atoms with Crippen molar-refractivity contribution < 1.29 is 22.7 Å². The molecular weight excluding hydrogens is 465 g/mol. The third kappa shape index (κ3) is 5.78. The van der Waals surface area contributed by atoms with Crippen LogP contribution in [0.4, 0.5) is 30.8 Å². The second-order valence-corrected chi connectivity index (χ2v) is 8.44. The van der Waals surface area contributed by atoms with Crippen LogP contribution in [0.25, 0.3) is 11.0 Å². The molecule has 1 saturated heterocycles. The lowest BCUT2D eigenvalue weighted by Crippen LogP contribution is -2.28. The molecule has 0 spiro atoms. The van der Waals surface area contributed by atoms with Crippen molar-refractivity contribution in [3.05, 3.63) is 29.6 Å². The molecule has 3 aromatic rings. The number of ether oxygens (including phenoxy) is 1. The molecule has 0 radical (unpaired) electrons. The summed E-state index contributed by atoms with van der Waals surface area (Å²) in [7, 11) is 0. The molecule has 1 atom stereocenters. The number of alkyl halides is 3. The zero-order chi connectivity index (χ0) is 25.2. The first kappa shape index (κ1) is 24.6. The largest absolute Gasteiger partial charge is 0.411 e. The highest BCUT2D eigenvalue weighted by Gasteiger charge is 2.30. The molecule has 1 amide bonds.